The minimum Gasteiger partial charge on any atom is -0.207 e. The fourth-order valence-corrected chi connectivity index (χ4v) is 4.37. The first-order chi connectivity index (χ1) is 8.00. The minimum atomic E-state index is -0.0762. The molecular formula is C15H20BrF. The molecule has 0 amide bonds. The van der Waals surface area contributed by atoms with Gasteiger partial charge in [-0.2, -0.15) is 0 Å². The number of rotatable bonds is 3. The summed E-state index contributed by atoms with van der Waals surface area (Å²) in [6.45, 7) is 4.67. The van der Waals surface area contributed by atoms with Crippen molar-refractivity contribution in [1.29, 1.82) is 0 Å². The van der Waals surface area contributed by atoms with E-state index in [0.29, 0.717) is 16.2 Å². The summed E-state index contributed by atoms with van der Waals surface area (Å²) >= 11 is 3.78. The lowest BCUT2D eigenvalue weighted by Gasteiger charge is -2.31. The third kappa shape index (κ3) is 2.90. The Balaban J connectivity index is 2.07. The number of hydrogen-bond donors (Lipinski definition) is 0. The first-order valence-electron chi connectivity index (χ1n) is 6.38. The minimum absolute atomic E-state index is 0.0762. The van der Waals surface area contributed by atoms with Gasteiger partial charge in [0.2, 0.25) is 0 Å². The lowest BCUT2D eigenvalue weighted by Crippen LogP contribution is -2.27. The maximum absolute atomic E-state index is 13.6. The zero-order valence-electron chi connectivity index (χ0n) is 10.5. The molecule has 0 aliphatic heterocycles. The Kier molecular flexibility index (Phi) is 3.92. The first kappa shape index (κ1) is 13.1. The number of halogens is 2. The molecule has 1 aromatic carbocycles. The Morgan fingerprint density at radius 2 is 2.12 bits per heavy atom. The largest absolute Gasteiger partial charge is 0.207 e. The summed E-state index contributed by atoms with van der Waals surface area (Å²) in [5, 5.41) is 0. The molecule has 1 aliphatic carbocycles. The van der Waals surface area contributed by atoms with Gasteiger partial charge in [-0.15, -0.1) is 0 Å². The second-order valence-corrected chi connectivity index (χ2v) is 6.97. The Labute approximate surface area is 112 Å². The molecule has 0 heterocycles. The van der Waals surface area contributed by atoms with Gasteiger partial charge in [0.1, 0.15) is 5.82 Å². The molecule has 0 spiro atoms. The number of alkyl halides is 1. The van der Waals surface area contributed by atoms with Crippen molar-refractivity contribution in [2.24, 2.45) is 11.3 Å². The molecule has 0 saturated heterocycles. The van der Waals surface area contributed by atoms with E-state index >= 15 is 0 Å². The molecule has 2 atom stereocenters. The van der Waals surface area contributed by atoms with E-state index in [9.17, 15) is 4.39 Å². The second kappa shape index (κ2) is 5.09. The lowest BCUT2D eigenvalue weighted by atomic mass is 9.79. The van der Waals surface area contributed by atoms with Gasteiger partial charge in [0.25, 0.3) is 0 Å². The monoisotopic (exact) mass is 298 g/mol. The standard InChI is InChI=1S/C15H20BrF/c1-15(2)9-5-7-12(15)13(16)10-11-6-3-4-8-14(11)17/h3-4,6,8,12-13H,5,7,9-10H2,1-2H3. The van der Waals surface area contributed by atoms with Crippen molar-refractivity contribution in [1.82, 2.24) is 0 Å². The van der Waals surface area contributed by atoms with E-state index in [2.05, 4.69) is 29.8 Å². The number of benzene rings is 1. The Bertz CT molecular complexity index is 386. The fraction of sp³-hybridized carbons (Fsp3) is 0.600. The van der Waals surface area contributed by atoms with Crippen LogP contribution in [-0.4, -0.2) is 4.83 Å². The molecule has 0 nitrogen and oxygen atoms in total. The van der Waals surface area contributed by atoms with E-state index < -0.39 is 0 Å². The molecule has 1 fully saturated rings. The van der Waals surface area contributed by atoms with Crippen molar-refractivity contribution in [3.8, 4) is 0 Å². The highest BCUT2D eigenvalue weighted by atomic mass is 79.9. The Morgan fingerprint density at radius 1 is 1.41 bits per heavy atom. The lowest BCUT2D eigenvalue weighted by molar-refractivity contribution is 0.254. The highest BCUT2D eigenvalue weighted by Gasteiger charge is 2.38. The zero-order valence-corrected chi connectivity index (χ0v) is 12.1. The maximum atomic E-state index is 13.6. The normalized spacial score (nSPS) is 24.8. The van der Waals surface area contributed by atoms with Crippen molar-refractivity contribution in [2.75, 3.05) is 0 Å². The van der Waals surface area contributed by atoms with Crippen LogP contribution in [0.2, 0.25) is 0 Å². The third-order valence-corrected chi connectivity index (χ3v) is 5.11. The zero-order chi connectivity index (χ0) is 12.5. The van der Waals surface area contributed by atoms with Crippen LogP contribution in [0.5, 0.6) is 0 Å². The van der Waals surface area contributed by atoms with E-state index in [1.54, 1.807) is 12.1 Å². The molecule has 1 saturated carbocycles. The van der Waals surface area contributed by atoms with E-state index in [1.165, 1.54) is 19.3 Å². The van der Waals surface area contributed by atoms with Crippen LogP contribution in [0.25, 0.3) is 0 Å². The van der Waals surface area contributed by atoms with Gasteiger partial charge in [-0.1, -0.05) is 54.4 Å². The molecular weight excluding hydrogens is 279 g/mol. The average Bonchev–Trinajstić information content (AvgIpc) is 2.61. The molecule has 17 heavy (non-hydrogen) atoms. The summed E-state index contributed by atoms with van der Waals surface area (Å²) in [5.74, 6) is 0.579. The van der Waals surface area contributed by atoms with Crippen LogP contribution >= 0.6 is 15.9 Å². The SMILES string of the molecule is CC1(C)CCCC1C(Br)Cc1ccccc1F. The quantitative estimate of drug-likeness (QED) is 0.692. The van der Waals surface area contributed by atoms with Crippen molar-refractivity contribution >= 4 is 15.9 Å². The van der Waals surface area contributed by atoms with E-state index in [0.717, 1.165) is 12.0 Å². The smallest absolute Gasteiger partial charge is 0.126 e. The van der Waals surface area contributed by atoms with Crippen LogP contribution in [0, 0.1) is 17.2 Å². The van der Waals surface area contributed by atoms with Crippen LogP contribution in [0.15, 0.2) is 24.3 Å². The van der Waals surface area contributed by atoms with Gasteiger partial charge in [-0.05, 0) is 42.2 Å². The van der Waals surface area contributed by atoms with Crippen molar-refractivity contribution < 1.29 is 4.39 Å². The summed E-state index contributed by atoms with van der Waals surface area (Å²) in [5.41, 5.74) is 1.22. The second-order valence-electron chi connectivity index (χ2n) is 5.80. The molecule has 1 aliphatic rings. The average molecular weight is 299 g/mol. The van der Waals surface area contributed by atoms with Gasteiger partial charge in [-0.3, -0.25) is 0 Å². The van der Waals surface area contributed by atoms with Crippen LogP contribution in [0.1, 0.15) is 38.7 Å². The van der Waals surface area contributed by atoms with Gasteiger partial charge in [-0.25, -0.2) is 4.39 Å². The summed E-state index contributed by atoms with van der Waals surface area (Å²) < 4.78 is 13.6. The van der Waals surface area contributed by atoms with Crippen molar-refractivity contribution in [3.05, 3.63) is 35.6 Å². The van der Waals surface area contributed by atoms with E-state index in [1.807, 2.05) is 12.1 Å². The topological polar surface area (TPSA) is 0 Å². The molecule has 2 rings (SSSR count). The van der Waals surface area contributed by atoms with Crippen molar-refractivity contribution in [2.45, 2.75) is 44.4 Å². The molecule has 0 aromatic heterocycles. The molecule has 94 valence electrons. The molecule has 2 heteroatoms. The van der Waals surface area contributed by atoms with Gasteiger partial charge >= 0.3 is 0 Å². The van der Waals surface area contributed by atoms with E-state index in [-0.39, 0.29) is 5.82 Å². The van der Waals surface area contributed by atoms with Gasteiger partial charge in [0.05, 0.1) is 0 Å². The highest BCUT2D eigenvalue weighted by Crippen LogP contribution is 2.47. The van der Waals surface area contributed by atoms with Gasteiger partial charge < -0.3 is 0 Å². The van der Waals surface area contributed by atoms with Crippen LogP contribution in [0.4, 0.5) is 4.39 Å². The van der Waals surface area contributed by atoms with Crippen LogP contribution in [-0.2, 0) is 6.42 Å². The van der Waals surface area contributed by atoms with Crippen LogP contribution in [0.3, 0.4) is 0 Å². The van der Waals surface area contributed by atoms with Gasteiger partial charge in [0, 0.05) is 4.83 Å². The Morgan fingerprint density at radius 3 is 2.71 bits per heavy atom. The fourth-order valence-electron chi connectivity index (χ4n) is 3.04. The molecule has 0 N–H and O–H groups in total. The number of hydrogen-bond acceptors (Lipinski definition) is 0. The Hall–Kier alpha value is -0.370. The summed E-state index contributed by atoms with van der Waals surface area (Å²) in [6.07, 6.45) is 4.65. The summed E-state index contributed by atoms with van der Waals surface area (Å²) in [4.78, 5) is 0.386. The van der Waals surface area contributed by atoms with E-state index in [4.69, 9.17) is 0 Å². The third-order valence-electron chi connectivity index (χ3n) is 4.15. The molecule has 0 radical (unpaired) electrons. The first-order valence-corrected chi connectivity index (χ1v) is 7.30. The summed E-state index contributed by atoms with van der Waals surface area (Å²) in [6, 6.07) is 7.11. The van der Waals surface area contributed by atoms with Crippen molar-refractivity contribution in [3.63, 3.8) is 0 Å². The molecule has 1 aromatic rings. The van der Waals surface area contributed by atoms with Crippen LogP contribution < -0.4 is 0 Å². The maximum Gasteiger partial charge on any atom is 0.126 e. The molecule has 2 unspecified atom stereocenters. The predicted octanol–water partition coefficient (Wildman–Crippen LogP) is 4.96. The highest BCUT2D eigenvalue weighted by molar-refractivity contribution is 9.09. The predicted molar refractivity (Wildman–Crippen MR) is 73.9 cm³/mol. The van der Waals surface area contributed by atoms with Gasteiger partial charge in [0.15, 0.2) is 0 Å². The molecule has 0 bridgehead atoms. The summed E-state index contributed by atoms with van der Waals surface area (Å²) in [7, 11) is 0.